The molecule has 0 radical (unpaired) electrons. The summed E-state index contributed by atoms with van der Waals surface area (Å²) in [4.78, 5) is 0. The van der Waals surface area contributed by atoms with Gasteiger partial charge >= 0.3 is 0 Å². The van der Waals surface area contributed by atoms with E-state index < -0.39 is 0 Å². The van der Waals surface area contributed by atoms with Crippen molar-refractivity contribution in [1.82, 2.24) is 9.88 Å². The molecule has 0 unspecified atom stereocenters. The minimum Gasteiger partial charge on any atom is -0.381 e. The molecule has 0 saturated heterocycles. The third-order valence-electron chi connectivity index (χ3n) is 2.35. The fourth-order valence-electron chi connectivity index (χ4n) is 1.44. The van der Waals surface area contributed by atoms with Crippen LogP contribution in [0.2, 0.25) is 0 Å². The Morgan fingerprint density at radius 1 is 1.40 bits per heavy atom. The molecule has 3 heteroatoms. The zero-order chi connectivity index (χ0) is 10.9. The summed E-state index contributed by atoms with van der Waals surface area (Å²) in [5, 5.41) is 3.40. The van der Waals surface area contributed by atoms with Crippen molar-refractivity contribution in [3.63, 3.8) is 0 Å². The van der Waals surface area contributed by atoms with Gasteiger partial charge in [0.15, 0.2) is 0 Å². The van der Waals surface area contributed by atoms with E-state index in [0.717, 1.165) is 39.1 Å². The lowest BCUT2D eigenvalue weighted by Gasteiger charge is -2.06. The van der Waals surface area contributed by atoms with Crippen molar-refractivity contribution in [2.45, 2.75) is 26.3 Å². The average molecular weight is 210 g/mol. The molecule has 1 aromatic rings. The van der Waals surface area contributed by atoms with E-state index in [-0.39, 0.29) is 0 Å². The minimum absolute atomic E-state index is 0.869. The van der Waals surface area contributed by atoms with Gasteiger partial charge in [0.05, 0.1) is 0 Å². The molecule has 0 aliphatic carbocycles. The predicted octanol–water partition coefficient (Wildman–Crippen LogP) is 1.93. The Morgan fingerprint density at radius 2 is 2.27 bits per heavy atom. The summed E-state index contributed by atoms with van der Waals surface area (Å²) in [5.74, 6) is 0. The normalized spacial score (nSPS) is 10.8. The fraction of sp³-hybridized carbons (Fsp3) is 0.667. The molecule has 0 aliphatic rings. The highest BCUT2D eigenvalue weighted by Gasteiger charge is 1.95. The highest BCUT2D eigenvalue weighted by Crippen LogP contribution is 1.98. The maximum Gasteiger partial charge on any atom is 0.0478 e. The Kier molecular flexibility index (Phi) is 6.12. The van der Waals surface area contributed by atoms with E-state index in [1.165, 1.54) is 5.69 Å². The molecule has 0 spiro atoms. The lowest BCUT2D eigenvalue weighted by molar-refractivity contribution is 0.132. The maximum absolute atomic E-state index is 5.40. The molecule has 0 saturated carbocycles. The molecular formula is C12H22N2O. The fourth-order valence-corrected chi connectivity index (χ4v) is 1.44. The first-order valence-corrected chi connectivity index (χ1v) is 5.73. The number of hydrogen-bond acceptors (Lipinski definition) is 2. The Morgan fingerprint density at radius 3 is 2.93 bits per heavy atom. The van der Waals surface area contributed by atoms with Gasteiger partial charge in [0.25, 0.3) is 0 Å². The lowest BCUT2D eigenvalue weighted by Crippen LogP contribution is -2.18. The van der Waals surface area contributed by atoms with Crippen molar-refractivity contribution in [2.75, 3.05) is 19.8 Å². The number of nitrogens with one attached hydrogen (secondary N) is 1. The van der Waals surface area contributed by atoms with Gasteiger partial charge in [0.1, 0.15) is 0 Å². The van der Waals surface area contributed by atoms with Crippen LogP contribution < -0.4 is 5.32 Å². The highest BCUT2D eigenvalue weighted by molar-refractivity contribution is 5.05. The number of aromatic nitrogens is 1. The van der Waals surface area contributed by atoms with Crippen molar-refractivity contribution in [2.24, 2.45) is 7.05 Å². The van der Waals surface area contributed by atoms with Crippen LogP contribution in [0.5, 0.6) is 0 Å². The van der Waals surface area contributed by atoms with Crippen LogP contribution in [-0.4, -0.2) is 24.3 Å². The zero-order valence-corrected chi connectivity index (χ0v) is 9.83. The molecule has 1 rings (SSSR count). The molecule has 15 heavy (non-hydrogen) atoms. The van der Waals surface area contributed by atoms with Gasteiger partial charge in [-0.3, -0.25) is 0 Å². The summed E-state index contributed by atoms with van der Waals surface area (Å²) in [5.41, 5.74) is 1.32. The SMILES string of the molecule is CCCOCCCNCc1cccn1C. The highest BCUT2D eigenvalue weighted by atomic mass is 16.5. The average Bonchev–Trinajstić information content (AvgIpc) is 2.63. The number of rotatable bonds is 8. The second-order valence-electron chi connectivity index (χ2n) is 3.75. The van der Waals surface area contributed by atoms with Crippen molar-refractivity contribution in [3.8, 4) is 0 Å². The van der Waals surface area contributed by atoms with E-state index >= 15 is 0 Å². The largest absolute Gasteiger partial charge is 0.381 e. The summed E-state index contributed by atoms with van der Waals surface area (Å²) in [7, 11) is 2.07. The van der Waals surface area contributed by atoms with Crippen molar-refractivity contribution >= 4 is 0 Å². The summed E-state index contributed by atoms with van der Waals surface area (Å²) >= 11 is 0. The first-order chi connectivity index (χ1) is 7.34. The Hall–Kier alpha value is -0.800. The quantitative estimate of drug-likeness (QED) is 0.664. The Labute approximate surface area is 92.4 Å². The Balaban J connectivity index is 1.96. The van der Waals surface area contributed by atoms with E-state index in [1.807, 2.05) is 0 Å². The third kappa shape index (κ3) is 5.00. The molecular weight excluding hydrogens is 188 g/mol. The topological polar surface area (TPSA) is 26.2 Å². The van der Waals surface area contributed by atoms with E-state index in [1.54, 1.807) is 0 Å². The third-order valence-corrected chi connectivity index (χ3v) is 2.35. The van der Waals surface area contributed by atoms with Crippen LogP contribution in [0.25, 0.3) is 0 Å². The van der Waals surface area contributed by atoms with E-state index in [2.05, 4.69) is 42.2 Å². The zero-order valence-electron chi connectivity index (χ0n) is 9.83. The second-order valence-corrected chi connectivity index (χ2v) is 3.75. The number of ether oxygens (including phenoxy) is 1. The molecule has 0 bridgehead atoms. The van der Waals surface area contributed by atoms with Gasteiger partial charge in [-0.2, -0.15) is 0 Å². The van der Waals surface area contributed by atoms with E-state index in [0.29, 0.717) is 0 Å². The molecule has 1 aromatic heterocycles. The van der Waals surface area contributed by atoms with Gasteiger partial charge in [0, 0.05) is 38.7 Å². The monoisotopic (exact) mass is 210 g/mol. The molecule has 0 amide bonds. The minimum atomic E-state index is 0.869. The summed E-state index contributed by atoms with van der Waals surface area (Å²) in [6.07, 6.45) is 4.27. The van der Waals surface area contributed by atoms with Crippen molar-refractivity contribution in [3.05, 3.63) is 24.0 Å². The van der Waals surface area contributed by atoms with Crippen molar-refractivity contribution in [1.29, 1.82) is 0 Å². The van der Waals surface area contributed by atoms with Crippen LogP contribution in [0, 0.1) is 0 Å². The van der Waals surface area contributed by atoms with Crippen LogP contribution in [-0.2, 0) is 18.3 Å². The molecule has 1 heterocycles. The molecule has 86 valence electrons. The molecule has 0 aromatic carbocycles. The van der Waals surface area contributed by atoms with Crippen LogP contribution in [0.1, 0.15) is 25.5 Å². The first-order valence-electron chi connectivity index (χ1n) is 5.73. The number of hydrogen-bond donors (Lipinski definition) is 1. The summed E-state index contributed by atoms with van der Waals surface area (Å²) in [6.45, 7) is 5.85. The van der Waals surface area contributed by atoms with Gasteiger partial charge in [-0.25, -0.2) is 0 Å². The van der Waals surface area contributed by atoms with Gasteiger partial charge in [-0.05, 0) is 31.5 Å². The lowest BCUT2D eigenvalue weighted by atomic mass is 10.4. The van der Waals surface area contributed by atoms with Gasteiger partial charge in [0.2, 0.25) is 0 Å². The van der Waals surface area contributed by atoms with E-state index in [9.17, 15) is 0 Å². The van der Waals surface area contributed by atoms with Crippen LogP contribution >= 0.6 is 0 Å². The second kappa shape index (κ2) is 7.49. The molecule has 1 N–H and O–H groups in total. The Bertz CT molecular complexity index is 258. The first kappa shape index (κ1) is 12.3. The standard InChI is InChI=1S/C12H22N2O/c1-3-9-15-10-5-7-13-11-12-6-4-8-14(12)2/h4,6,8,13H,3,5,7,9-11H2,1-2H3. The molecule has 0 atom stereocenters. The van der Waals surface area contributed by atoms with E-state index in [4.69, 9.17) is 4.74 Å². The van der Waals surface area contributed by atoms with Crippen LogP contribution in [0.3, 0.4) is 0 Å². The number of aryl methyl sites for hydroxylation is 1. The summed E-state index contributed by atoms with van der Waals surface area (Å²) in [6, 6.07) is 4.21. The van der Waals surface area contributed by atoms with Crippen molar-refractivity contribution < 1.29 is 4.74 Å². The van der Waals surface area contributed by atoms with Gasteiger partial charge < -0.3 is 14.6 Å². The maximum atomic E-state index is 5.40. The van der Waals surface area contributed by atoms with Gasteiger partial charge in [-0.15, -0.1) is 0 Å². The molecule has 0 fully saturated rings. The van der Waals surface area contributed by atoms with Crippen LogP contribution in [0.4, 0.5) is 0 Å². The smallest absolute Gasteiger partial charge is 0.0478 e. The predicted molar refractivity (Wildman–Crippen MR) is 62.8 cm³/mol. The molecule has 3 nitrogen and oxygen atoms in total. The molecule has 0 aliphatic heterocycles. The number of nitrogens with zero attached hydrogens (tertiary/aromatic N) is 1. The van der Waals surface area contributed by atoms with Gasteiger partial charge in [-0.1, -0.05) is 6.92 Å². The van der Waals surface area contributed by atoms with Crippen LogP contribution in [0.15, 0.2) is 18.3 Å². The summed E-state index contributed by atoms with van der Waals surface area (Å²) < 4.78 is 7.54.